The van der Waals surface area contributed by atoms with E-state index in [4.69, 9.17) is 0 Å². The van der Waals surface area contributed by atoms with Gasteiger partial charge in [0.05, 0.1) is 0 Å². The molecule has 0 aliphatic heterocycles. The van der Waals surface area contributed by atoms with Crippen LogP contribution in [0, 0.1) is 12.2 Å². The van der Waals surface area contributed by atoms with E-state index < -0.39 is 0 Å². The fraction of sp³-hybridized carbons (Fsp3) is 0.273. The number of hydrogen-bond donors (Lipinski definition) is 0. The summed E-state index contributed by atoms with van der Waals surface area (Å²) in [5.41, 5.74) is 1.34. The Morgan fingerprint density at radius 2 is 1.86 bits per heavy atom. The normalized spacial score (nSPS) is 14.2. The molecule has 0 aromatic heterocycles. The molecular weight excluding hydrogens is 294 g/mol. The second-order valence-corrected chi connectivity index (χ2v) is 2.50. The van der Waals surface area contributed by atoms with Gasteiger partial charge in [-0.2, -0.15) is 12.2 Å². The van der Waals surface area contributed by atoms with Crippen LogP contribution in [0.2, 0.25) is 0 Å². The Morgan fingerprint density at radius 3 is 2.00 bits per heavy atom. The largest absolute Gasteiger partial charge is 4.00 e. The number of hydrogen-bond acceptors (Lipinski definition) is 0. The predicted molar refractivity (Wildman–Crippen MR) is 47.8 cm³/mol. The maximum atomic E-state index is 3.05. The summed E-state index contributed by atoms with van der Waals surface area (Å²) in [5.74, 6) is 0. The standard InChI is InChI=1S/C6H7.C5H5.2ClH.Zr/c1-6-4-2-3-5-6;1-2-4-5-3-1;;;/h4-5H,2H2,1H3;1-3H,4H2;2*1H;/q2*-1;;;+4/p-2. The molecule has 0 nitrogen and oxygen atoms in total. The molecule has 0 saturated carbocycles. The Labute approximate surface area is 118 Å². The Kier molecular flexibility index (Phi) is 19.1. The molecule has 2 aliphatic rings. The van der Waals surface area contributed by atoms with Gasteiger partial charge >= 0.3 is 26.2 Å². The van der Waals surface area contributed by atoms with Crippen molar-refractivity contribution in [2.24, 2.45) is 0 Å². The summed E-state index contributed by atoms with van der Waals surface area (Å²) in [7, 11) is 0. The first-order valence-corrected chi connectivity index (χ1v) is 3.84. The van der Waals surface area contributed by atoms with Crippen molar-refractivity contribution in [1.82, 2.24) is 0 Å². The van der Waals surface area contributed by atoms with Crippen molar-refractivity contribution in [3.8, 4) is 0 Å². The smallest absolute Gasteiger partial charge is 1.00 e. The van der Waals surface area contributed by atoms with E-state index in [1.54, 1.807) is 0 Å². The molecule has 0 amide bonds. The Morgan fingerprint density at radius 1 is 1.14 bits per heavy atom. The maximum absolute atomic E-state index is 3.05. The Bertz CT molecular complexity index is 215. The molecule has 0 spiro atoms. The second-order valence-electron chi connectivity index (χ2n) is 2.50. The molecule has 0 N–H and O–H groups in total. The van der Waals surface area contributed by atoms with Crippen molar-refractivity contribution < 1.29 is 51.0 Å². The van der Waals surface area contributed by atoms with Crippen LogP contribution in [0.4, 0.5) is 0 Å². The van der Waals surface area contributed by atoms with E-state index in [0.717, 1.165) is 12.8 Å². The van der Waals surface area contributed by atoms with Gasteiger partial charge in [0.2, 0.25) is 0 Å². The molecule has 2 aliphatic carbocycles. The zero-order chi connectivity index (χ0) is 7.94. The average Bonchev–Trinajstić information content (AvgIpc) is 2.57. The van der Waals surface area contributed by atoms with Crippen LogP contribution in [0.5, 0.6) is 0 Å². The summed E-state index contributed by atoms with van der Waals surface area (Å²) in [6.45, 7) is 2.08. The zero-order valence-corrected chi connectivity index (χ0v) is 12.0. The average molecular weight is 306 g/mol. The van der Waals surface area contributed by atoms with Gasteiger partial charge < -0.3 is 24.8 Å². The zero-order valence-electron chi connectivity index (χ0n) is 8.06. The van der Waals surface area contributed by atoms with E-state index in [0.29, 0.717) is 0 Å². The van der Waals surface area contributed by atoms with Gasteiger partial charge in [0, 0.05) is 0 Å². The fourth-order valence-electron chi connectivity index (χ4n) is 0.839. The summed E-state index contributed by atoms with van der Waals surface area (Å²) >= 11 is 0. The topological polar surface area (TPSA) is 0 Å². The van der Waals surface area contributed by atoms with Crippen molar-refractivity contribution in [3.05, 3.63) is 48.1 Å². The van der Waals surface area contributed by atoms with Gasteiger partial charge in [-0.15, -0.1) is 19.8 Å². The molecule has 0 saturated heterocycles. The first kappa shape index (κ1) is 19.9. The molecule has 0 bridgehead atoms. The molecular formula is C11H12Cl2Zr. The van der Waals surface area contributed by atoms with Crippen LogP contribution in [0.1, 0.15) is 19.8 Å². The molecule has 0 aromatic rings. The van der Waals surface area contributed by atoms with Crippen LogP contribution in [0.15, 0.2) is 36.0 Å². The van der Waals surface area contributed by atoms with Gasteiger partial charge in [0.25, 0.3) is 0 Å². The molecule has 0 heterocycles. The van der Waals surface area contributed by atoms with Crippen LogP contribution in [-0.4, -0.2) is 0 Å². The number of rotatable bonds is 0. The third kappa shape index (κ3) is 10.5. The summed E-state index contributed by atoms with van der Waals surface area (Å²) in [6.07, 6.45) is 18.2. The van der Waals surface area contributed by atoms with Gasteiger partial charge in [-0.1, -0.05) is 0 Å². The molecule has 74 valence electrons. The fourth-order valence-corrected chi connectivity index (χ4v) is 0.839. The van der Waals surface area contributed by atoms with E-state index in [1.165, 1.54) is 5.57 Å². The van der Waals surface area contributed by atoms with Crippen molar-refractivity contribution in [2.75, 3.05) is 0 Å². The molecule has 14 heavy (non-hydrogen) atoms. The monoisotopic (exact) mass is 304 g/mol. The summed E-state index contributed by atoms with van der Waals surface area (Å²) in [6, 6.07) is 0. The van der Waals surface area contributed by atoms with E-state index >= 15 is 0 Å². The molecule has 0 fully saturated rings. The third-order valence-electron chi connectivity index (χ3n) is 1.46. The third-order valence-corrected chi connectivity index (χ3v) is 1.46. The first-order valence-electron chi connectivity index (χ1n) is 3.84. The number of allylic oxidation sites excluding steroid dienone is 8. The van der Waals surface area contributed by atoms with Gasteiger partial charge in [-0.05, 0) is 0 Å². The van der Waals surface area contributed by atoms with E-state index in [-0.39, 0.29) is 51.0 Å². The minimum Gasteiger partial charge on any atom is -1.00 e. The van der Waals surface area contributed by atoms with Crippen LogP contribution < -0.4 is 24.8 Å². The predicted octanol–water partition coefficient (Wildman–Crippen LogP) is -2.99. The second kappa shape index (κ2) is 13.4. The van der Waals surface area contributed by atoms with Gasteiger partial charge in [-0.3, -0.25) is 12.2 Å². The minimum absolute atomic E-state index is 0. The molecule has 2 rings (SSSR count). The first-order chi connectivity index (χ1) is 5.39. The van der Waals surface area contributed by atoms with Crippen LogP contribution >= 0.6 is 0 Å². The van der Waals surface area contributed by atoms with Crippen LogP contribution in [-0.2, 0) is 26.2 Å². The van der Waals surface area contributed by atoms with E-state index in [9.17, 15) is 0 Å². The van der Waals surface area contributed by atoms with Crippen molar-refractivity contribution in [2.45, 2.75) is 19.8 Å². The van der Waals surface area contributed by atoms with E-state index in [2.05, 4.69) is 31.2 Å². The summed E-state index contributed by atoms with van der Waals surface area (Å²) < 4.78 is 0. The Hall–Kier alpha value is 0.423. The van der Waals surface area contributed by atoms with Crippen molar-refractivity contribution in [1.29, 1.82) is 0 Å². The van der Waals surface area contributed by atoms with Gasteiger partial charge in [-0.25, -0.2) is 23.8 Å². The SMILES string of the molecule is CC1=CC[C-]=C1.[C-]1=CC=CC1.[Cl-].[Cl-].[Zr+4]. The van der Waals surface area contributed by atoms with Crippen molar-refractivity contribution >= 4 is 0 Å². The van der Waals surface area contributed by atoms with Gasteiger partial charge in [0.15, 0.2) is 0 Å². The molecule has 0 radical (unpaired) electrons. The van der Waals surface area contributed by atoms with Crippen molar-refractivity contribution in [3.63, 3.8) is 0 Å². The van der Waals surface area contributed by atoms with Crippen LogP contribution in [0.25, 0.3) is 0 Å². The summed E-state index contributed by atoms with van der Waals surface area (Å²) in [5, 5.41) is 0. The Balaban J connectivity index is -0.000000144. The van der Waals surface area contributed by atoms with Gasteiger partial charge in [0.1, 0.15) is 0 Å². The van der Waals surface area contributed by atoms with Crippen LogP contribution in [0.3, 0.4) is 0 Å². The minimum atomic E-state index is 0. The molecule has 0 atom stereocenters. The molecule has 0 unspecified atom stereocenters. The molecule has 3 heteroatoms. The quantitative estimate of drug-likeness (QED) is 0.419. The summed E-state index contributed by atoms with van der Waals surface area (Å²) in [4.78, 5) is 0. The number of halogens is 2. The van der Waals surface area contributed by atoms with E-state index in [1.807, 2.05) is 18.2 Å². The molecule has 0 aromatic carbocycles. The maximum Gasteiger partial charge on any atom is 4.00 e.